The molecule has 0 aliphatic heterocycles. The van der Waals surface area contributed by atoms with Crippen LogP contribution in [0.3, 0.4) is 0 Å². The molecule has 0 unspecified atom stereocenters. The van der Waals surface area contributed by atoms with Gasteiger partial charge in [-0.2, -0.15) is 5.26 Å². The summed E-state index contributed by atoms with van der Waals surface area (Å²) in [4.78, 5) is 11.3. The van der Waals surface area contributed by atoms with Crippen LogP contribution in [0.1, 0.15) is 16.0 Å². The van der Waals surface area contributed by atoms with Crippen molar-refractivity contribution in [2.75, 3.05) is 5.32 Å². The van der Waals surface area contributed by atoms with Crippen LogP contribution in [0.4, 0.5) is 11.4 Å². The molecular formula is C13H11N3O2S. The van der Waals surface area contributed by atoms with E-state index in [1.54, 1.807) is 17.4 Å². The second-order valence-electron chi connectivity index (χ2n) is 3.98. The highest BCUT2D eigenvalue weighted by atomic mass is 32.1. The first-order valence-electron chi connectivity index (χ1n) is 5.57. The lowest BCUT2D eigenvalue weighted by atomic mass is 10.1. The Bertz CT molecular complexity index is 658. The second-order valence-corrected chi connectivity index (χ2v) is 4.98. The molecule has 0 bridgehead atoms. The molecule has 96 valence electrons. The lowest BCUT2D eigenvalue weighted by molar-refractivity contribution is -0.384. The van der Waals surface area contributed by atoms with E-state index in [-0.39, 0.29) is 11.3 Å². The first-order chi connectivity index (χ1) is 9.11. The molecule has 1 aromatic heterocycles. The fraction of sp³-hybridized carbons (Fsp3) is 0.154. The lowest BCUT2D eigenvalue weighted by Gasteiger charge is -2.07. The van der Waals surface area contributed by atoms with Gasteiger partial charge in [-0.1, -0.05) is 0 Å². The molecule has 0 atom stereocenters. The van der Waals surface area contributed by atoms with E-state index in [4.69, 9.17) is 5.26 Å². The van der Waals surface area contributed by atoms with Crippen LogP contribution in [-0.4, -0.2) is 4.92 Å². The molecule has 0 aliphatic carbocycles. The molecule has 1 heterocycles. The molecule has 19 heavy (non-hydrogen) atoms. The van der Waals surface area contributed by atoms with Crippen LogP contribution < -0.4 is 5.32 Å². The average Bonchev–Trinajstić information content (AvgIpc) is 2.81. The number of rotatable bonds is 4. The van der Waals surface area contributed by atoms with Crippen molar-refractivity contribution < 1.29 is 4.92 Å². The molecule has 1 aromatic carbocycles. The molecule has 0 fully saturated rings. The van der Waals surface area contributed by atoms with E-state index in [2.05, 4.69) is 5.32 Å². The smallest absolute Gasteiger partial charge is 0.270 e. The third-order valence-electron chi connectivity index (χ3n) is 2.74. The number of nitrogens with zero attached hydrogens (tertiary/aromatic N) is 2. The Morgan fingerprint density at radius 3 is 2.84 bits per heavy atom. The summed E-state index contributed by atoms with van der Waals surface area (Å²) in [6.07, 6.45) is 0. The summed E-state index contributed by atoms with van der Waals surface area (Å²) in [5.41, 5.74) is 2.01. The summed E-state index contributed by atoms with van der Waals surface area (Å²) >= 11 is 1.64. The number of nitrogens with one attached hydrogen (secondary N) is 1. The fourth-order valence-corrected chi connectivity index (χ4v) is 2.50. The van der Waals surface area contributed by atoms with Crippen molar-refractivity contribution in [2.45, 2.75) is 13.5 Å². The van der Waals surface area contributed by atoms with Gasteiger partial charge in [0.2, 0.25) is 0 Å². The Morgan fingerprint density at radius 1 is 1.47 bits per heavy atom. The standard InChI is InChI=1S/C13H11N3O2S/c1-9-4-5-19-13(9)8-15-12-3-2-11(16(17)18)6-10(12)7-14/h2-6,15H,8H2,1H3. The largest absolute Gasteiger partial charge is 0.379 e. The van der Waals surface area contributed by atoms with Gasteiger partial charge < -0.3 is 5.32 Å². The van der Waals surface area contributed by atoms with Gasteiger partial charge in [0.05, 0.1) is 16.2 Å². The first-order valence-corrected chi connectivity index (χ1v) is 6.45. The highest BCUT2D eigenvalue weighted by molar-refractivity contribution is 7.10. The number of hydrogen-bond acceptors (Lipinski definition) is 5. The van der Waals surface area contributed by atoms with E-state index in [9.17, 15) is 10.1 Å². The third-order valence-corrected chi connectivity index (χ3v) is 3.76. The van der Waals surface area contributed by atoms with Crippen LogP contribution >= 0.6 is 11.3 Å². The number of anilines is 1. The van der Waals surface area contributed by atoms with Crippen LogP contribution in [0.2, 0.25) is 0 Å². The highest BCUT2D eigenvalue weighted by Crippen LogP contribution is 2.23. The predicted octanol–water partition coefficient (Wildman–Crippen LogP) is 3.45. The minimum Gasteiger partial charge on any atom is -0.379 e. The van der Waals surface area contributed by atoms with E-state index in [1.165, 1.54) is 22.6 Å². The maximum absolute atomic E-state index is 10.6. The van der Waals surface area contributed by atoms with Crippen molar-refractivity contribution in [3.8, 4) is 6.07 Å². The number of non-ortho nitro benzene ring substituents is 1. The molecule has 1 N–H and O–H groups in total. The summed E-state index contributed by atoms with van der Waals surface area (Å²) in [5.74, 6) is 0. The van der Waals surface area contributed by atoms with Gasteiger partial charge in [0.25, 0.3) is 5.69 Å². The molecule has 0 spiro atoms. The number of nitro groups is 1. The molecule has 0 radical (unpaired) electrons. The van der Waals surface area contributed by atoms with Crippen LogP contribution in [-0.2, 0) is 6.54 Å². The minimum absolute atomic E-state index is 0.0746. The summed E-state index contributed by atoms with van der Waals surface area (Å²) in [6.45, 7) is 2.63. The van der Waals surface area contributed by atoms with E-state index in [1.807, 2.05) is 24.4 Å². The third kappa shape index (κ3) is 2.89. The molecule has 0 aliphatic rings. The number of nitriles is 1. The minimum atomic E-state index is -0.506. The molecule has 0 amide bonds. The van der Waals surface area contributed by atoms with Crippen molar-refractivity contribution in [2.24, 2.45) is 0 Å². The molecule has 5 nitrogen and oxygen atoms in total. The zero-order valence-corrected chi connectivity index (χ0v) is 11.0. The Labute approximate surface area is 114 Å². The second kappa shape index (κ2) is 5.50. The van der Waals surface area contributed by atoms with Crippen LogP contribution in [0.25, 0.3) is 0 Å². The number of hydrogen-bond donors (Lipinski definition) is 1. The van der Waals surface area contributed by atoms with Gasteiger partial charge >= 0.3 is 0 Å². The monoisotopic (exact) mass is 273 g/mol. The zero-order chi connectivity index (χ0) is 13.8. The van der Waals surface area contributed by atoms with Crippen LogP contribution in [0.5, 0.6) is 0 Å². The number of thiophene rings is 1. The van der Waals surface area contributed by atoms with Gasteiger partial charge in [-0.15, -0.1) is 11.3 Å². The molecular weight excluding hydrogens is 262 g/mol. The highest BCUT2D eigenvalue weighted by Gasteiger charge is 2.10. The van der Waals surface area contributed by atoms with Crippen molar-refractivity contribution >= 4 is 22.7 Å². The van der Waals surface area contributed by atoms with Crippen molar-refractivity contribution in [3.05, 3.63) is 55.8 Å². The summed E-state index contributed by atoms with van der Waals surface area (Å²) in [6, 6.07) is 8.25. The molecule has 2 rings (SSSR count). The normalized spacial score (nSPS) is 9.89. The van der Waals surface area contributed by atoms with Crippen molar-refractivity contribution in [1.29, 1.82) is 5.26 Å². The quantitative estimate of drug-likeness (QED) is 0.683. The van der Waals surface area contributed by atoms with Gasteiger partial charge in [-0.3, -0.25) is 10.1 Å². The van der Waals surface area contributed by atoms with Crippen molar-refractivity contribution in [1.82, 2.24) is 0 Å². The Balaban J connectivity index is 2.19. The van der Waals surface area contributed by atoms with Gasteiger partial charge in [0, 0.05) is 23.6 Å². The number of nitro benzene ring substituents is 1. The maximum Gasteiger partial charge on any atom is 0.270 e. The maximum atomic E-state index is 10.6. The number of benzene rings is 1. The Hall–Kier alpha value is -2.39. The first kappa shape index (κ1) is 13.1. The van der Waals surface area contributed by atoms with E-state index in [0.717, 1.165) is 0 Å². The SMILES string of the molecule is Cc1ccsc1CNc1ccc([N+](=O)[O-])cc1C#N. The fourth-order valence-electron chi connectivity index (χ4n) is 1.65. The average molecular weight is 273 g/mol. The van der Waals surface area contributed by atoms with Gasteiger partial charge in [-0.25, -0.2) is 0 Å². The molecule has 0 saturated heterocycles. The summed E-state index contributed by atoms with van der Waals surface area (Å²) < 4.78 is 0. The molecule has 6 heteroatoms. The lowest BCUT2D eigenvalue weighted by Crippen LogP contribution is -2.01. The molecule has 0 saturated carbocycles. The van der Waals surface area contributed by atoms with E-state index < -0.39 is 4.92 Å². The summed E-state index contributed by atoms with van der Waals surface area (Å²) in [7, 11) is 0. The van der Waals surface area contributed by atoms with Gasteiger partial charge in [-0.05, 0) is 30.0 Å². The van der Waals surface area contributed by atoms with Crippen LogP contribution in [0.15, 0.2) is 29.6 Å². The topological polar surface area (TPSA) is 79.0 Å². The molecule has 2 aromatic rings. The van der Waals surface area contributed by atoms with E-state index in [0.29, 0.717) is 12.2 Å². The van der Waals surface area contributed by atoms with E-state index >= 15 is 0 Å². The number of aryl methyl sites for hydroxylation is 1. The summed E-state index contributed by atoms with van der Waals surface area (Å²) in [5, 5.41) is 24.8. The predicted molar refractivity (Wildman–Crippen MR) is 74.2 cm³/mol. The van der Waals surface area contributed by atoms with Gasteiger partial charge in [0.1, 0.15) is 6.07 Å². The van der Waals surface area contributed by atoms with Crippen molar-refractivity contribution in [3.63, 3.8) is 0 Å². The van der Waals surface area contributed by atoms with Crippen LogP contribution in [0, 0.1) is 28.4 Å². The zero-order valence-electron chi connectivity index (χ0n) is 10.2. The Morgan fingerprint density at radius 2 is 2.26 bits per heavy atom. The Kier molecular flexibility index (Phi) is 3.78. The van der Waals surface area contributed by atoms with Gasteiger partial charge in [0.15, 0.2) is 0 Å².